The van der Waals surface area contributed by atoms with Crippen molar-refractivity contribution in [2.24, 2.45) is 0 Å². The fraction of sp³-hybridized carbons (Fsp3) is 0.208. The van der Waals surface area contributed by atoms with E-state index in [2.05, 4.69) is 5.32 Å². The summed E-state index contributed by atoms with van der Waals surface area (Å²) in [5.41, 5.74) is 0.232. The van der Waals surface area contributed by atoms with Crippen LogP contribution in [0.5, 0.6) is 5.75 Å². The fourth-order valence-electron chi connectivity index (χ4n) is 3.92. The molecule has 1 N–H and O–H groups in total. The van der Waals surface area contributed by atoms with Crippen molar-refractivity contribution < 1.29 is 26.4 Å². The highest BCUT2D eigenvalue weighted by Gasteiger charge is 2.43. The monoisotopic (exact) mass is 549 g/mol. The molecular weight excluding hydrogens is 526 g/mol. The molecular formula is C24H24ClN3O6S2. The Morgan fingerprint density at radius 3 is 2.06 bits per heavy atom. The summed E-state index contributed by atoms with van der Waals surface area (Å²) in [7, 11) is -6.66. The van der Waals surface area contributed by atoms with Crippen LogP contribution < -0.4 is 10.1 Å². The van der Waals surface area contributed by atoms with Crippen molar-refractivity contribution in [3.8, 4) is 5.75 Å². The zero-order chi connectivity index (χ0) is 25.9. The van der Waals surface area contributed by atoms with E-state index in [9.17, 15) is 21.6 Å². The molecule has 0 aromatic heterocycles. The summed E-state index contributed by atoms with van der Waals surface area (Å²) in [6.45, 7) is -0.709. The van der Waals surface area contributed by atoms with E-state index >= 15 is 0 Å². The van der Waals surface area contributed by atoms with E-state index in [0.29, 0.717) is 10.8 Å². The van der Waals surface area contributed by atoms with Crippen LogP contribution in [-0.2, 0) is 24.8 Å². The van der Waals surface area contributed by atoms with Gasteiger partial charge in [-0.05, 0) is 42.5 Å². The lowest BCUT2D eigenvalue weighted by Crippen LogP contribution is -2.60. The summed E-state index contributed by atoms with van der Waals surface area (Å²) < 4.78 is 61.0. The number of carbonyl (C=O) groups is 1. The van der Waals surface area contributed by atoms with Gasteiger partial charge in [-0.2, -0.15) is 8.61 Å². The van der Waals surface area contributed by atoms with Gasteiger partial charge < -0.3 is 10.1 Å². The van der Waals surface area contributed by atoms with Crippen molar-refractivity contribution >= 4 is 43.2 Å². The normalized spacial score (nSPS) is 17.4. The smallest absolute Gasteiger partial charge is 0.244 e. The van der Waals surface area contributed by atoms with Crippen molar-refractivity contribution in [1.29, 1.82) is 0 Å². The first-order chi connectivity index (χ1) is 17.1. The highest BCUT2D eigenvalue weighted by Crippen LogP contribution is 2.30. The van der Waals surface area contributed by atoms with Crippen molar-refractivity contribution in [2.45, 2.75) is 15.8 Å². The average molecular weight is 550 g/mol. The molecule has 12 heteroatoms. The third-order valence-electron chi connectivity index (χ3n) is 5.75. The van der Waals surface area contributed by atoms with Gasteiger partial charge in [0.25, 0.3) is 0 Å². The van der Waals surface area contributed by atoms with Crippen molar-refractivity contribution in [3.05, 3.63) is 83.9 Å². The third kappa shape index (κ3) is 5.25. The van der Waals surface area contributed by atoms with Gasteiger partial charge in [0, 0.05) is 24.7 Å². The number of nitrogens with zero attached hydrogens (tertiary/aromatic N) is 2. The highest BCUT2D eigenvalue weighted by molar-refractivity contribution is 7.89. The Hall–Kier alpha value is -2.96. The average Bonchev–Trinajstić information content (AvgIpc) is 2.89. The first-order valence-corrected chi connectivity index (χ1v) is 14.2. The van der Waals surface area contributed by atoms with Gasteiger partial charge in [-0.1, -0.05) is 48.0 Å². The molecule has 1 fully saturated rings. The van der Waals surface area contributed by atoms with E-state index in [1.807, 2.05) is 0 Å². The predicted octanol–water partition coefficient (Wildman–Crippen LogP) is 3.05. The zero-order valence-corrected chi connectivity index (χ0v) is 21.6. The van der Waals surface area contributed by atoms with Gasteiger partial charge in [0.1, 0.15) is 11.8 Å². The molecule has 1 saturated heterocycles. The van der Waals surface area contributed by atoms with Crippen molar-refractivity contribution in [1.82, 2.24) is 8.61 Å². The Labute approximate surface area is 215 Å². The fourth-order valence-corrected chi connectivity index (χ4v) is 7.15. The number of carbonyl (C=O) groups excluding carboxylic acids is 1. The molecule has 1 aliphatic rings. The number of benzene rings is 3. The quantitative estimate of drug-likeness (QED) is 0.484. The third-order valence-corrected chi connectivity index (χ3v) is 9.78. The Kier molecular flexibility index (Phi) is 7.67. The van der Waals surface area contributed by atoms with Gasteiger partial charge in [-0.15, -0.1) is 0 Å². The van der Waals surface area contributed by atoms with Crippen LogP contribution in [0.15, 0.2) is 88.7 Å². The Bertz CT molecular complexity index is 1450. The van der Waals surface area contributed by atoms with E-state index in [1.54, 1.807) is 48.5 Å². The van der Waals surface area contributed by atoms with Gasteiger partial charge >= 0.3 is 0 Å². The van der Waals surface area contributed by atoms with Crippen LogP contribution >= 0.6 is 11.6 Å². The molecule has 0 aliphatic carbocycles. The molecule has 0 spiro atoms. The lowest BCUT2D eigenvalue weighted by atomic mass is 10.2. The molecule has 0 bridgehead atoms. The molecule has 3 aromatic carbocycles. The van der Waals surface area contributed by atoms with E-state index in [0.717, 1.165) is 8.61 Å². The van der Waals surface area contributed by atoms with Crippen LogP contribution in [0, 0.1) is 0 Å². The molecule has 190 valence electrons. The van der Waals surface area contributed by atoms with Crippen LogP contribution in [0.4, 0.5) is 5.69 Å². The van der Waals surface area contributed by atoms with E-state index in [4.69, 9.17) is 16.3 Å². The second-order valence-corrected chi connectivity index (χ2v) is 12.2. The number of halogens is 1. The summed E-state index contributed by atoms with van der Waals surface area (Å²) in [5.74, 6) is -0.405. The number of amides is 1. The second-order valence-electron chi connectivity index (χ2n) is 7.95. The number of hydrogen-bond acceptors (Lipinski definition) is 6. The maximum atomic E-state index is 13.5. The summed E-state index contributed by atoms with van der Waals surface area (Å²) in [6.07, 6.45) is 0. The van der Waals surface area contributed by atoms with Crippen molar-refractivity contribution in [2.75, 3.05) is 32.1 Å². The predicted molar refractivity (Wildman–Crippen MR) is 136 cm³/mol. The lowest BCUT2D eigenvalue weighted by molar-refractivity contribution is -0.120. The number of rotatable bonds is 7. The van der Waals surface area contributed by atoms with E-state index < -0.39 is 32.0 Å². The molecule has 0 saturated carbocycles. The van der Waals surface area contributed by atoms with Crippen LogP contribution in [0.1, 0.15) is 0 Å². The minimum Gasteiger partial charge on any atom is -0.495 e. The number of methoxy groups -OCH3 is 1. The molecule has 3 aromatic rings. The molecule has 0 unspecified atom stereocenters. The lowest BCUT2D eigenvalue weighted by Gasteiger charge is -2.39. The molecule has 1 aliphatic heterocycles. The maximum Gasteiger partial charge on any atom is 0.244 e. The van der Waals surface area contributed by atoms with Gasteiger partial charge in [0.2, 0.25) is 26.0 Å². The summed E-state index contributed by atoms with van der Waals surface area (Å²) in [5, 5.41) is 2.99. The minimum atomic E-state index is -4.11. The molecule has 4 rings (SSSR count). The summed E-state index contributed by atoms with van der Waals surface area (Å²) in [4.78, 5) is 13.6. The molecule has 36 heavy (non-hydrogen) atoms. The SMILES string of the molecule is COc1ccc(Cl)cc1NC(=O)[C@@H]1CN(S(=O)(=O)c2ccccc2)CCN1S(=O)(=O)c1ccccc1. The number of nitrogens with one attached hydrogen (secondary N) is 1. The number of hydrogen-bond donors (Lipinski definition) is 1. The minimum absolute atomic E-state index is 0.00232. The van der Waals surface area contributed by atoms with Crippen LogP contribution in [0.2, 0.25) is 5.02 Å². The van der Waals surface area contributed by atoms with Gasteiger partial charge in [-0.25, -0.2) is 16.8 Å². The first kappa shape index (κ1) is 26.1. The van der Waals surface area contributed by atoms with Crippen LogP contribution in [0.3, 0.4) is 0 Å². The van der Waals surface area contributed by atoms with Crippen LogP contribution in [-0.4, -0.2) is 64.1 Å². The molecule has 1 heterocycles. The first-order valence-electron chi connectivity index (χ1n) is 10.9. The van der Waals surface area contributed by atoms with Crippen LogP contribution in [0.25, 0.3) is 0 Å². The van der Waals surface area contributed by atoms with Gasteiger partial charge in [-0.3, -0.25) is 4.79 Å². The highest BCUT2D eigenvalue weighted by atomic mass is 35.5. The number of ether oxygens (including phenoxy) is 1. The van der Waals surface area contributed by atoms with Gasteiger partial charge in [0.15, 0.2) is 0 Å². The summed E-state index contributed by atoms with van der Waals surface area (Å²) in [6, 6.07) is 18.7. The number of sulfonamides is 2. The Balaban J connectivity index is 1.71. The molecule has 1 amide bonds. The Morgan fingerprint density at radius 2 is 1.47 bits per heavy atom. The molecule has 0 radical (unpaired) electrons. The molecule has 9 nitrogen and oxygen atoms in total. The van der Waals surface area contributed by atoms with Gasteiger partial charge in [0.05, 0.1) is 22.6 Å². The topological polar surface area (TPSA) is 113 Å². The zero-order valence-electron chi connectivity index (χ0n) is 19.2. The van der Waals surface area contributed by atoms with E-state index in [-0.39, 0.29) is 35.1 Å². The van der Waals surface area contributed by atoms with Crippen molar-refractivity contribution in [3.63, 3.8) is 0 Å². The largest absolute Gasteiger partial charge is 0.495 e. The number of anilines is 1. The standard InChI is InChI=1S/C24H24ClN3O6S2/c1-34-23-13-12-18(25)16-21(23)26-24(29)22-17-27(35(30,31)19-8-4-2-5-9-19)14-15-28(22)36(32,33)20-10-6-3-7-11-20/h2-13,16,22H,14-15,17H2,1H3,(H,26,29)/t22-/m0/s1. The maximum absolute atomic E-state index is 13.5. The van der Waals surface area contributed by atoms with E-state index in [1.165, 1.54) is 37.4 Å². The molecule has 1 atom stereocenters. The Morgan fingerprint density at radius 1 is 0.889 bits per heavy atom. The summed E-state index contributed by atoms with van der Waals surface area (Å²) >= 11 is 6.07. The second kappa shape index (κ2) is 10.6. The number of piperazine rings is 1.